The van der Waals surface area contributed by atoms with Crippen LogP contribution in [0.25, 0.3) is 0 Å². The van der Waals surface area contributed by atoms with Gasteiger partial charge in [0.1, 0.15) is 5.82 Å². The Morgan fingerprint density at radius 3 is 2.44 bits per heavy atom. The molecular weight excluding hydrogens is 474 g/mol. The van der Waals surface area contributed by atoms with E-state index in [4.69, 9.17) is 15.2 Å². The van der Waals surface area contributed by atoms with E-state index in [0.29, 0.717) is 45.9 Å². The highest BCUT2D eigenvalue weighted by atomic mass is 32.2. The predicted molar refractivity (Wildman–Crippen MR) is 144 cm³/mol. The van der Waals surface area contributed by atoms with Gasteiger partial charge in [0.05, 0.1) is 25.6 Å². The van der Waals surface area contributed by atoms with Crippen LogP contribution >= 0.6 is 11.8 Å². The van der Waals surface area contributed by atoms with Crippen LogP contribution in [0.15, 0.2) is 84.1 Å². The minimum absolute atomic E-state index is 0.205. The van der Waals surface area contributed by atoms with Crippen LogP contribution in [-0.4, -0.2) is 30.1 Å². The number of para-hydroxylation sites is 2. The Morgan fingerprint density at radius 2 is 1.69 bits per heavy atom. The molecule has 9 heteroatoms. The standard InChI is InChI=1S/C27H27N5O3S/c1-34-23-12-9-19(15-24(23)35-2)16-30-25-13-14-29-27(32-25)36-17-18-7-10-20(11-8-18)26(33)31-22-6-4-3-5-21(22)28/h3-15H,16-17,28H2,1-2H3,(H,31,33)(H,29,30,32). The molecule has 0 aliphatic carbocycles. The van der Waals surface area contributed by atoms with Gasteiger partial charge < -0.3 is 25.8 Å². The van der Waals surface area contributed by atoms with Crippen LogP contribution in [0.3, 0.4) is 0 Å². The Kier molecular flexibility index (Phi) is 8.25. The summed E-state index contributed by atoms with van der Waals surface area (Å²) in [6, 6.07) is 22.2. The lowest BCUT2D eigenvalue weighted by Gasteiger charge is -2.11. The quantitative estimate of drug-likeness (QED) is 0.154. The summed E-state index contributed by atoms with van der Waals surface area (Å²) in [6.45, 7) is 0.583. The van der Waals surface area contributed by atoms with Crippen molar-refractivity contribution in [1.29, 1.82) is 0 Å². The fraction of sp³-hybridized carbons (Fsp3) is 0.148. The van der Waals surface area contributed by atoms with Crippen molar-refractivity contribution in [2.45, 2.75) is 17.5 Å². The number of hydrogen-bond acceptors (Lipinski definition) is 8. The van der Waals surface area contributed by atoms with Gasteiger partial charge in [-0.2, -0.15) is 0 Å². The number of methoxy groups -OCH3 is 2. The first-order valence-electron chi connectivity index (χ1n) is 11.2. The van der Waals surface area contributed by atoms with E-state index in [-0.39, 0.29) is 5.91 Å². The number of nitrogens with zero attached hydrogens (tertiary/aromatic N) is 2. The van der Waals surface area contributed by atoms with Crippen LogP contribution in [0.1, 0.15) is 21.5 Å². The number of amides is 1. The minimum atomic E-state index is -0.205. The molecule has 3 aromatic carbocycles. The zero-order chi connectivity index (χ0) is 25.3. The Bertz CT molecular complexity index is 1330. The molecule has 0 saturated carbocycles. The summed E-state index contributed by atoms with van der Waals surface area (Å²) in [4.78, 5) is 21.5. The largest absolute Gasteiger partial charge is 0.493 e. The van der Waals surface area contributed by atoms with Gasteiger partial charge in [-0.25, -0.2) is 9.97 Å². The molecular formula is C27H27N5O3S. The second-order valence-corrected chi connectivity index (χ2v) is 8.74. The Morgan fingerprint density at radius 1 is 0.944 bits per heavy atom. The Hall–Kier alpha value is -4.24. The molecule has 0 atom stereocenters. The molecule has 0 fully saturated rings. The summed E-state index contributed by atoms with van der Waals surface area (Å²) in [7, 11) is 3.23. The fourth-order valence-corrected chi connectivity index (χ4v) is 4.18. The summed E-state index contributed by atoms with van der Waals surface area (Å²) < 4.78 is 10.7. The first-order valence-corrected chi connectivity index (χ1v) is 12.2. The van der Waals surface area contributed by atoms with Crippen LogP contribution in [-0.2, 0) is 12.3 Å². The first kappa shape index (κ1) is 24.9. The number of ether oxygens (including phenoxy) is 2. The van der Waals surface area contributed by atoms with Gasteiger partial charge in [-0.15, -0.1) is 0 Å². The molecule has 0 radical (unpaired) electrons. The normalized spacial score (nSPS) is 10.5. The lowest BCUT2D eigenvalue weighted by molar-refractivity contribution is 0.102. The minimum Gasteiger partial charge on any atom is -0.493 e. The molecule has 1 amide bonds. The molecule has 184 valence electrons. The molecule has 0 unspecified atom stereocenters. The van der Waals surface area contributed by atoms with E-state index in [1.54, 1.807) is 44.7 Å². The summed E-state index contributed by atoms with van der Waals surface area (Å²) >= 11 is 1.52. The number of rotatable bonds is 10. The maximum Gasteiger partial charge on any atom is 0.255 e. The van der Waals surface area contributed by atoms with E-state index in [0.717, 1.165) is 16.9 Å². The fourth-order valence-electron chi connectivity index (χ4n) is 3.40. The number of benzene rings is 3. The predicted octanol–water partition coefficient (Wildman–Crippen LogP) is 5.23. The first-order chi connectivity index (χ1) is 17.6. The monoisotopic (exact) mass is 501 g/mol. The van der Waals surface area contributed by atoms with Gasteiger partial charge in [0.25, 0.3) is 5.91 Å². The van der Waals surface area contributed by atoms with Crippen molar-refractivity contribution in [3.8, 4) is 11.5 Å². The van der Waals surface area contributed by atoms with E-state index in [1.807, 2.05) is 48.5 Å². The number of carbonyl (C=O) groups excluding carboxylic acids is 1. The molecule has 0 aliphatic heterocycles. The lowest BCUT2D eigenvalue weighted by Crippen LogP contribution is -2.13. The van der Waals surface area contributed by atoms with Crippen molar-refractivity contribution in [3.05, 3.63) is 95.7 Å². The van der Waals surface area contributed by atoms with Gasteiger partial charge in [-0.3, -0.25) is 4.79 Å². The number of nitrogen functional groups attached to an aromatic ring is 1. The molecule has 0 aliphatic rings. The summed E-state index contributed by atoms with van der Waals surface area (Å²) in [5, 5.41) is 6.82. The number of nitrogens with one attached hydrogen (secondary N) is 2. The molecule has 0 spiro atoms. The Labute approximate surface area is 214 Å². The molecule has 4 rings (SSSR count). The van der Waals surface area contributed by atoms with E-state index in [1.165, 1.54) is 11.8 Å². The van der Waals surface area contributed by atoms with Crippen molar-refractivity contribution in [2.24, 2.45) is 0 Å². The molecule has 0 saturated heterocycles. The number of nitrogens with two attached hydrogens (primary N) is 1. The van der Waals surface area contributed by atoms with Crippen LogP contribution in [0.5, 0.6) is 11.5 Å². The molecule has 8 nitrogen and oxygen atoms in total. The highest BCUT2D eigenvalue weighted by molar-refractivity contribution is 7.98. The van der Waals surface area contributed by atoms with Gasteiger partial charge in [0.2, 0.25) is 0 Å². The summed E-state index contributed by atoms with van der Waals surface area (Å²) in [5.74, 6) is 2.57. The van der Waals surface area contributed by atoms with Crippen LogP contribution in [0, 0.1) is 0 Å². The van der Waals surface area contributed by atoms with Crippen molar-refractivity contribution >= 4 is 34.9 Å². The molecule has 1 aromatic heterocycles. The second kappa shape index (κ2) is 11.9. The third-order valence-corrected chi connectivity index (χ3v) is 6.28. The summed E-state index contributed by atoms with van der Waals surface area (Å²) in [5.41, 5.74) is 9.69. The SMILES string of the molecule is COc1ccc(CNc2ccnc(SCc3ccc(C(=O)Nc4ccccc4N)cc3)n2)cc1OC. The molecule has 0 bridgehead atoms. The molecule has 36 heavy (non-hydrogen) atoms. The zero-order valence-electron chi connectivity index (χ0n) is 20.0. The number of carbonyl (C=O) groups is 1. The van der Waals surface area contributed by atoms with Crippen LogP contribution in [0.2, 0.25) is 0 Å². The molecule has 1 heterocycles. The third kappa shape index (κ3) is 6.45. The molecule has 4 aromatic rings. The van der Waals surface area contributed by atoms with E-state index in [9.17, 15) is 4.79 Å². The average molecular weight is 502 g/mol. The topological polar surface area (TPSA) is 111 Å². The highest BCUT2D eigenvalue weighted by Gasteiger charge is 2.09. The van der Waals surface area contributed by atoms with Crippen molar-refractivity contribution in [1.82, 2.24) is 9.97 Å². The van der Waals surface area contributed by atoms with Gasteiger partial charge in [-0.05, 0) is 53.6 Å². The maximum absolute atomic E-state index is 12.5. The van der Waals surface area contributed by atoms with Gasteiger partial charge in [0.15, 0.2) is 16.7 Å². The van der Waals surface area contributed by atoms with Crippen molar-refractivity contribution in [3.63, 3.8) is 0 Å². The van der Waals surface area contributed by atoms with Crippen LogP contribution < -0.4 is 25.8 Å². The lowest BCUT2D eigenvalue weighted by atomic mass is 10.1. The van der Waals surface area contributed by atoms with Gasteiger partial charge >= 0.3 is 0 Å². The highest BCUT2D eigenvalue weighted by Crippen LogP contribution is 2.28. The molecule has 4 N–H and O–H groups in total. The maximum atomic E-state index is 12.5. The van der Waals surface area contributed by atoms with Gasteiger partial charge in [-0.1, -0.05) is 42.1 Å². The van der Waals surface area contributed by atoms with Crippen molar-refractivity contribution < 1.29 is 14.3 Å². The summed E-state index contributed by atoms with van der Waals surface area (Å²) in [6.07, 6.45) is 1.73. The zero-order valence-corrected chi connectivity index (χ0v) is 20.8. The van der Waals surface area contributed by atoms with E-state index < -0.39 is 0 Å². The van der Waals surface area contributed by atoms with Crippen molar-refractivity contribution in [2.75, 3.05) is 30.6 Å². The number of hydrogen-bond donors (Lipinski definition) is 3. The average Bonchev–Trinajstić information content (AvgIpc) is 2.92. The van der Waals surface area contributed by atoms with Gasteiger partial charge in [0, 0.05) is 24.1 Å². The smallest absolute Gasteiger partial charge is 0.255 e. The van der Waals surface area contributed by atoms with Crippen LogP contribution in [0.4, 0.5) is 17.2 Å². The van der Waals surface area contributed by atoms with E-state index in [2.05, 4.69) is 20.6 Å². The third-order valence-electron chi connectivity index (χ3n) is 5.35. The van der Waals surface area contributed by atoms with E-state index >= 15 is 0 Å². The number of aromatic nitrogens is 2. The number of thioether (sulfide) groups is 1. The Balaban J connectivity index is 1.31. The second-order valence-electron chi connectivity index (χ2n) is 7.79. The number of anilines is 3.